The Bertz CT molecular complexity index is 1840. The van der Waals surface area contributed by atoms with E-state index in [0.717, 1.165) is 26.4 Å². The molecule has 4 aromatic carbocycles. The molecule has 4 aliphatic rings. The molecule has 8 rings (SSSR count). The number of benzene rings is 4. The zero-order valence-corrected chi connectivity index (χ0v) is 32.7. The zero-order chi connectivity index (χ0) is 35.8. The summed E-state index contributed by atoms with van der Waals surface area (Å²) in [7, 11) is 0. The maximum Gasteiger partial charge on any atom is 0.0953 e. The molecule has 0 atom stereocenters. The maximum atomic E-state index is 2.64. The van der Waals surface area contributed by atoms with Crippen LogP contribution in [0, 0.1) is 10.8 Å². The van der Waals surface area contributed by atoms with Crippen molar-refractivity contribution in [3.63, 3.8) is 0 Å². The van der Waals surface area contributed by atoms with Crippen molar-refractivity contribution in [3.05, 3.63) is 107 Å². The first kappa shape index (κ1) is 33.2. The van der Waals surface area contributed by atoms with Gasteiger partial charge in [0, 0.05) is 24.5 Å². The van der Waals surface area contributed by atoms with Crippen LogP contribution < -0.4 is 19.6 Å². The Morgan fingerprint density at radius 2 is 0.680 bits per heavy atom. The number of fused-ring (bicyclic) bond motifs is 4. The molecule has 4 heteroatoms. The minimum Gasteiger partial charge on any atom is -0.350 e. The van der Waals surface area contributed by atoms with Gasteiger partial charge in [0.2, 0.25) is 0 Å². The lowest BCUT2D eigenvalue weighted by Gasteiger charge is -2.44. The van der Waals surface area contributed by atoms with Gasteiger partial charge in [-0.3, -0.25) is 0 Å². The summed E-state index contributed by atoms with van der Waals surface area (Å²) < 4.78 is 0. The van der Waals surface area contributed by atoms with Crippen LogP contribution in [0.1, 0.15) is 105 Å². The Morgan fingerprint density at radius 1 is 0.400 bits per heavy atom. The lowest BCUT2D eigenvalue weighted by molar-refractivity contribution is 0.125. The van der Waals surface area contributed by atoms with Crippen LogP contribution >= 0.6 is 0 Å². The first-order valence-corrected chi connectivity index (χ1v) is 18.9. The van der Waals surface area contributed by atoms with Crippen LogP contribution in [-0.4, -0.2) is 26.4 Å². The molecule has 2 aliphatic heterocycles. The molecule has 2 heterocycles. The van der Waals surface area contributed by atoms with E-state index in [4.69, 9.17) is 0 Å². The molecule has 2 aliphatic carbocycles. The highest BCUT2D eigenvalue weighted by Crippen LogP contribution is 2.65. The highest BCUT2D eigenvalue weighted by molar-refractivity contribution is 5.87. The van der Waals surface area contributed by atoms with Gasteiger partial charge >= 0.3 is 0 Å². The summed E-state index contributed by atoms with van der Waals surface area (Å²) >= 11 is 0. The van der Waals surface area contributed by atoms with Crippen LogP contribution in [0.2, 0.25) is 0 Å². The fourth-order valence-electron chi connectivity index (χ4n) is 10.00. The van der Waals surface area contributed by atoms with E-state index in [1.54, 1.807) is 0 Å². The van der Waals surface area contributed by atoms with Crippen molar-refractivity contribution in [3.8, 4) is 0 Å². The van der Waals surface area contributed by atoms with Crippen LogP contribution in [0.5, 0.6) is 0 Å². The van der Waals surface area contributed by atoms with Gasteiger partial charge in [-0.2, -0.15) is 0 Å². The van der Waals surface area contributed by atoms with Gasteiger partial charge < -0.3 is 19.6 Å². The van der Waals surface area contributed by atoms with Crippen molar-refractivity contribution in [2.45, 2.75) is 105 Å². The molecule has 0 fully saturated rings. The molecule has 0 N–H and O–H groups in total. The molecule has 0 saturated carbocycles. The lowest BCUT2D eigenvalue weighted by atomic mass is 9.59. The Balaban J connectivity index is 1.19. The number of para-hydroxylation sites is 2. The molecule has 4 nitrogen and oxygen atoms in total. The molecule has 0 unspecified atom stereocenters. The minimum atomic E-state index is 0.0610. The van der Waals surface area contributed by atoms with E-state index in [9.17, 15) is 0 Å². The summed E-state index contributed by atoms with van der Waals surface area (Å²) in [6.45, 7) is 33.1. The van der Waals surface area contributed by atoms with Crippen molar-refractivity contribution in [1.29, 1.82) is 0 Å². The van der Waals surface area contributed by atoms with Gasteiger partial charge in [-0.25, -0.2) is 0 Å². The summed E-state index contributed by atoms with van der Waals surface area (Å²) in [5, 5.41) is 0. The van der Waals surface area contributed by atoms with Crippen LogP contribution in [-0.2, 0) is 21.7 Å². The van der Waals surface area contributed by atoms with E-state index in [0.29, 0.717) is 0 Å². The Morgan fingerprint density at radius 3 is 0.980 bits per heavy atom. The third-order valence-electron chi connectivity index (χ3n) is 15.8. The van der Waals surface area contributed by atoms with Crippen LogP contribution in [0.3, 0.4) is 0 Å². The van der Waals surface area contributed by atoms with E-state index >= 15 is 0 Å². The van der Waals surface area contributed by atoms with Crippen molar-refractivity contribution in [2.24, 2.45) is 10.8 Å². The summed E-state index contributed by atoms with van der Waals surface area (Å²) in [6.07, 6.45) is 0. The van der Waals surface area contributed by atoms with Gasteiger partial charge in [0.1, 0.15) is 0 Å². The molecular formula is C46H58N4. The molecule has 0 bridgehead atoms. The predicted octanol–water partition coefficient (Wildman–Crippen LogP) is 11.4. The fraction of sp³-hybridized carbons (Fsp3) is 0.478. The summed E-state index contributed by atoms with van der Waals surface area (Å²) in [5.41, 5.74) is 14.5. The minimum absolute atomic E-state index is 0.0610. The van der Waals surface area contributed by atoms with Crippen LogP contribution in [0.15, 0.2) is 84.9 Å². The highest BCUT2D eigenvalue weighted by atomic mass is 15.4. The van der Waals surface area contributed by atoms with Crippen LogP contribution in [0.25, 0.3) is 0 Å². The van der Waals surface area contributed by atoms with Gasteiger partial charge in [0.05, 0.1) is 36.1 Å². The Hall–Kier alpha value is -3.92. The second-order valence-corrected chi connectivity index (χ2v) is 18.9. The normalized spacial score (nSPS) is 22.4. The molecule has 0 saturated heterocycles. The van der Waals surface area contributed by atoms with Crippen molar-refractivity contribution >= 4 is 34.1 Å². The third-order valence-corrected chi connectivity index (χ3v) is 15.8. The number of nitrogens with zero attached hydrogens (tertiary/aromatic N) is 4. The molecule has 50 heavy (non-hydrogen) atoms. The Labute approximate surface area is 302 Å². The smallest absolute Gasteiger partial charge is 0.0953 e. The van der Waals surface area contributed by atoms with Crippen molar-refractivity contribution < 1.29 is 0 Å². The number of hydrogen-bond acceptors (Lipinski definition) is 4. The van der Waals surface area contributed by atoms with Gasteiger partial charge in [-0.1, -0.05) is 119 Å². The summed E-state index contributed by atoms with van der Waals surface area (Å²) in [6, 6.07) is 32.2. The summed E-state index contributed by atoms with van der Waals surface area (Å²) in [4.78, 5) is 10.4. The molecule has 0 aromatic heterocycles. The second-order valence-electron chi connectivity index (χ2n) is 18.9. The van der Waals surface area contributed by atoms with Crippen molar-refractivity contribution in [1.82, 2.24) is 0 Å². The molecule has 262 valence electrons. The van der Waals surface area contributed by atoms with Gasteiger partial charge in [0.25, 0.3) is 0 Å². The van der Waals surface area contributed by atoms with E-state index in [2.05, 4.69) is 188 Å². The second kappa shape index (κ2) is 10.3. The largest absolute Gasteiger partial charge is 0.350 e. The molecule has 0 radical (unpaired) electrons. The lowest BCUT2D eigenvalue weighted by Crippen LogP contribution is -2.42. The average molecular weight is 667 g/mol. The number of anilines is 6. The summed E-state index contributed by atoms with van der Waals surface area (Å²) in [5.74, 6) is 0. The van der Waals surface area contributed by atoms with Gasteiger partial charge in [0.15, 0.2) is 0 Å². The standard InChI is InChI=1S/C46H58N4/c1-41(2)33-25-37-39(27-35(33)43(5,6)45(41,9)10)49(31-19-15-13-16-20-31)29-47(37)23-24-48-30-50(32-21-17-14-18-22-32)40-28-36-34(26-38(40)48)42(3,4)46(11,12)44(36,7)8/h13-22,25-28H,23-24,29-30H2,1-12H3. The first-order chi connectivity index (χ1) is 23.3. The van der Waals surface area contributed by atoms with E-state index in [1.165, 1.54) is 56.4 Å². The first-order valence-electron chi connectivity index (χ1n) is 18.9. The van der Waals surface area contributed by atoms with Gasteiger partial charge in [-0.15, -0.1) is 0 Å². The highest BCUT2D eigenvalue weighted by Gasteiger charge is 2.59. The monoisotopic (exact) mass is 666 g/mol. The molecule has 0 spiro atoms. The van der Waals surface area contributed by atoms with E-state index < -0.39 is 0 Å². The number of rotatable bonds is 5. The quantitative estimate of drug-likeness (QED) is 0.210. The predicted molar refractivity (Wildman–Crippen MR) is 214 cm³/mol. The third kappa shape index (κ3) is 4.11. The van der Waals surface area contributed by atoms with Crippen molar-refractivity contribution in [2.75, 3.05) is 46.0 Å². The molecule has 0 amide bonds. The van der Waals surface area contributed by atoms with E-state index in [1.807, 2.05) is 0 Å². The molecular weight excluding hydrogens is 609 g/mol. The van der Waals surface area contributed by atoms with Crippen LogP contribution in [0.4, 0.5) is 34.1 Å². The topological polar surface area (TPSA) is 13.0 Å². The fourth-order valence-corrected chi connectivity index (χ4v) is 10.00. The van der Waals surface area contributed by atoms with Gasteiger partial charge in [-0.05, 0) is 103 Å². The molecule has 4 aromatic rings. The average Bonchev–Trinajstić information content (AvgIpc) is 3.68. The zero-order valence-electron chi connectivity index (χ0n) is 32.7. The Kier molecular flexibility index (Phi) is 6.87. The number of hydrogen-bond donors (Lipinski definition) is 0. The maximum absolute atomic E-state index is 2.64. The SMILES string of the molecule is CC1(C)c2cc3c(cc2C(C)(C)C1(C)C)N(c1ccccc1)CN3CCN1CN(c2ccccc2)c2cc3c(cc21)C(C)(C)C(C)(C)C3(C)C. The van der Waals surface area contributed by atoms with E-state index in [-0.39, 0.29) is 32.5 Å².